The van der Waals surface area contributed by atoms with Crippen LogP contribution in [0.5, 0.6) is 0 Å². The first kappa shape index (κ1) is 24.4. The van der Waals surface area contributed by atoms with Crippen molar-refractivity contribution in [1.29, 1.82) is 0 Å². The van der Waals surface area contributed by atoms with E-state index in [2.05, 4.69) is 33.4 Å². The molecule has 4 heteroatoms. The SMILES string of the molecule is CCCCCCCCCCCC(=O)NCCC[N+](C)(C)C.I. The van der Waals surface area contributed by atoms with E-state index < -0.39 is 0 Å². The van der Waals surface area contributed by atoms with Crippen molar-refractivity contribution in [2.75, 3.05) is 34.2 Å². The Hall–Kier alpha value is 0.160. The zero-order valence-corrected chi connectivity index (χ0v) is 17.8. The van der Waals surface area contributed by atoms with Gasteiger partial charge in [0.2, 0.25) is 5.91 Å². The summed E-state index contributed by atoms with van der Waals surface area (Å²) in [6.45, 7) is 4.19. The van der Waals surface area contributed by atoms with Gasteiger partial charge in [0, 0.05) is 19.4 Å². The van der Waals surface area contributed by atoms with E-state index in [9.17, 15) is 4.79 Å². The zero-order chi connectivity index (χ0) is 16.0. The first-order valence-electron chi connectivity index (χ1n) is 9.03. The molecule has 0 rings (SSSR count). The number of unbranched alkanes of at least 4 members (excludes halogenated alkanes) is 8. The van der Waals surface area contributed by atoms with Crippen LogP contribution in [0, 0.1) is 0 Å². The van der Waals surface area contributed by atoms with Crippen LogP contribution in [0.3, 0.4) is 0 Å². The summed E-state index contributed by atoms with van der Waals surface area (Å²) >= 11 is 0. The van der Waals surface area contributed by atoms with Gasteiger partial charge in [-0.15, -0.1) is 24.0 Å². The van der Waals surface area contributed by atoms with Gasteiger partial charge in [-0.25, -0.2) is 0 Å². The topological polar surface area (TPSA) is 29.1 Å². The number of rotatable bonds is 14. The second kappa shape index (κ2) is 16.0. The molecule has 0 saturated heterocycles. The maximum Gasteiger partial charge on any atom is 0.219 e. The van der Waals surface area contributed by atoms with Gasteiger partial charge < -0.3 is 9.80 Å². The minimum Gasteiger partial charge on any atom is -0.356 e. The molecule has 0 saturated carbocycles. The van der Waals surface area contributed by atoms with Gasteiger partial charge in [-0.2, -0.15) is 0 Å². The number of amides is 1. The van der Waals surface area contributed by atoms with Gasteiger partial charge in [-0.3, -0.25) is 4.79 Å². The number of carbonyl (C=O) groups excluding carboxylic acids is 1. The molecular weight excluding hydrogens is 387 g/mol. The fourth-order valence-electron chi connectivity index (χ4n) is 2.47. The molecule has 134 valence electrons. The van der Waals surface area contributed by atoms with Gasteiger partial charge in [-0.1, -0.05) is 58.3 Å². The van der Waals surface area contributed by atoms with Crippen LogP contribution >= 0.6 is 24.0 Å². The highest BCUT2D eigenvalue weighted by atomic mass is 127. The third kappa shape index (κ3) is 20.2. The molecule has 0 aromatic heterocycles. The van der Waals surface area contributed by atoms with E-state index in [0.29, 0.717) is 6.42 Å². The van der Waals surface area contributed by atoms with Crippen LogP contribution in [-0.4, -0.2) is 44.6 Å². The summed E-state index contributed by atoms with van der Waals surface area (Å²) in [5.41, 5.74) is 0. The standard InChI is InChI=1S/C18H38N2O.HI/c1-5-6-7-8-9-10-11-12-13-15-18(21)19-16-14-17-20(2,3)4;/h5-17H2,1-4H3;1H/p+1. The molecule has 0 atom stereocenters. The molecule has 0 aliphatic rings. The molecule has 1 N–H and O–H groups in total. The van der Waals surface area contributed by atoms with Crippen molar-refractivity contribution in [3.05, 3.63) is 0 Å². The van der Waals surface area contributed by atoms with Crippen LogP contribution < -0.4 is 5.32 Å². The summed E-state index contributed by atoms with van der Waals surface area (Å²) < 4.78 is 0.966. The van der Waals surface area contributed by atoms with Crippen molar-refractivity contribution in [1.82, 2.24) is 5.32 Å². The van der Waals surface area contributed by atoms with Crippen LogP contribution in [0.2, 0.25) is 0 Å². The van der Waals surface area contributed by atoms with Crippen LogP contribution in [0.15, 0.2) is 0 Å². The second-order valence-electron chi connectivity index (χ2n) is 7.30. The number of carbonyl (C=O) groups is 1. The van der Waals surface area contributed by atoms with Crippen LogP contribution in [0.25, 0.3) is 0 Å². The van der Waals surface area contributed by atoms with Crippen LogP contribution in [0.1, 0.15) is 77.6 Å². The first-order chi connectivity index (χ1) is 9.95. The number of quaternary nitrogens is 1. The van der Waals surface area contributed by atoms with Crippen LogP contribution in [-0.2, 0) is 4.79 Å². The largest absolute Gasteiger partial charge is 0.356 e. The van der Waals surface area contributed by atoms with Gasteiger partial charge >= 0.3 is 0 Å². The number of halogens is 1. The average molecular weight is 427 g/mol. The number of hydrogen-bond acceptors (Lipinski definition) is 1. The lowest BCUT2D eigenvalue weighted by Gasteiger charge is -2.23. The predicted molar refractivity (Wildman–Crippen MR) is 108 cm³/mol. The average Bonchev–Trinajstić information content (AvgIpc) is 2.41. The number of nitrogens with one attached hydrogen (secondary N) is 1. The van der Waals surface area contributed by atoms with E-state index in [0.717, 1.165) is 30.4 Å². The minimum absolute atomic E-state index is 0. The Morgan fingerprint density at radius 3 is 1.82 bits per heavy atom. The fraction of sp³-hybridized carbons (Fsp3) is 0.944. The van der Waals surface area contributed by atoms with Crippen molar-refractivity contribution in [2.24, 2.45) is 0 Å². The van der Waals surface area contributed by atoms with E-state index in [1.807, 2.05) is 0 Å². The maximum absolute atomic E-state index is 11.7. The van der Waals surface area contributed by atoms with Crippen molar-refractivity contribution in [3.63, 3.8) is 0 Å². The van der Waals surface area contributed by atoms with Crippen molar-refractivity contribution >= 4 is 29.9 Å². The molecule has 0 unspecified atom stereocenters. The van der Waals surface area contributed by atoms with E-state index in [1.54, 1.807) is 0 Å². The van der Waals surface area contributed by atoms with E-state index >= 15 is 0 Å². The molecule has 22 heavy (non-hydrogen) atoms. The highest BCUT2D eigenvalue weighted by molar-refractivity contribution is 14.0. The lowest BCUT2D eigenvalue weighted by molar-refractivity contribution is -0.870. The lowest BCUT2D eigenvalue weighted by atomic mass is 10.1. The third-order valence-electron chi connectivity index (χ3n) is 3.84. The highest BCUT2D eigenvalue weighted by Crippen LogP contribution is 2.10. The molecule has 0 aromatic rings. The summed E-state index contributed by atoms with van der Waals surface area (Å²) in [7, 11) is 6.55. The summed E-state index contributed by atoms with van der Waals surface area (Å²) in [4.78, 5) is 11.7. The summed E-state index contributed by atoms with van der Waals surface area (Å²) in [6, 6.07) is 0. The maximum atomic E-state index is 11.7. The van der Waals surface area contributed by atoms with Gasteiger partial charge in [0.1, 0.15) is 0 Å². The minimum atomic E-state index is 0. The molecule has 0 spiro atoms. The Kier molecular flexibility index (Phi) is 17.8. The predicted octanol–water partition coefficient (Wildman–Crippen LogP) is 4.74. The number of hydrogen-bond donors (Lipinski definition) is 1. The molecule has 3 nitrogen and oxygen atoms in total. The van der Waals surface area contributed by atoms with E-state index in [1.165, 1.54) is 51.4 Å². The fourth-order valence-corrected chi connectivity index (χ4v) is 2.47. The number of nitrogens with zero attached hydrogens (tertiary/aromatic N) is 1. The Labute approximate surface area is 156 Å². The molecule has 1 amide bonds. The quantitative estimate of drug-likeness (QED) is 0.242. The molecule has 0 fully saturated rings. The normalized spacial score (nSPS) is 11.1. The summed E-state index contributed by atoms with van der Waals surface area (Å²) in [5.74, 6) is 0.236. The van der Waals surface area contributed by atoms with Crippen molar-refractivity contribution in [2.45, 2.75) is 77.6 Å². The molecule has 0 heterocycles. The smallest absolute Gasteiger partial charge is 0.219 e. The Bertz CT molecular complexity index is 252. The third-order valence-corrected chi connectivity index (χ3v) is 3.84. The lowest BCUT2D eigenvalue weighted by Crippen LogP contribution is -2.37. The van der Waals surface area contributed by atoms with Gasteiger partial charge in [0.15, 0.2) is 0 Å². The molecular formula is C18H40IN2O+. The van der Waals surface area contributed by atoms with Crippen molar-refractivity contribution < 1.29 is 9.28 Å². The Morgan fingerprint density at radius 2 is 1.32 bits per heavy atom. The van der Waals surface area contributed by atoms with Gasteiger partial charge in [0.05, 0.1) is 27.7 Å². The van der Waals surface area contributed by atoms with E-state index in [4.69, 9.17) is 0 Å². The zero-order valence-electron chi connectivity index (χ0n) is 15.5. The molecule has 0 bridgehead atoms. The van der Waals surface area contributed by atoms with Crippen LogP contribution in [0.4, 0.5) is 0 Å². The summed E-state index contributed by atoms with van der Waals surface area (Å²) in [6.07, 6.45) is 13.5. The molecule has 0 aliphatic carbocycles. The Morgan fingerprint density at radius 1 is 0.818 bits per heavy atom. The molecule has 0 radical (unpaired) electrons. The van der Waals surface area contributed by atoms with Gasteiger partial charge in [-0.05, 0) is 6.42 Å². The first-order valence-corrected chi connectivity index (χ1v) is 9.03. The highest BCUT2D eigenvalue weighted by Gasteiger charge is 2.06. The Balaban J connectivity index is 0. The summed E-state index contributed by atoms with van der Waals surface area (Å²) in [5, 5.41) is 3.03. The van der Waals surface area contributed by atoms with Crippen molar-refractivity contribution in [3.8, 4) is 0 Å². The molecule has 0 aromatic carbocycles. The van der Waals surface area contributed by atoms with Gasteiger partial charge in [0.25, 0.3) is 0 Å². The van der Waals surface area contributed by atoms with E-state index in [-0.39, 0.29) is 29.9 Å². The second-order valence-corrected chi connectivity index (χ2v) is 7.30. The molecule has 0 aliphatic heterocycles. The monoisotopic (exact) mass is 427 g/mol.